The molecule has 2 heteroatoms. The minimum absolute atomic E-state index is 0.529. The highest BCUT2D eigenvalue weighted by molar-refractivity contribution is 8.00. The molecule has 0 bridgehead atoms. The number of nitrogens with one attached hydrogen (secondary N) is 1. The summed E-state index contributed by atoms with van der Waals surface area (Å²) in [6.45, 7) is 1.18. The van der Waals surface area contributed by atoms with Crippen LogP contribution in [-0.4, -0.2) is 17.5 Å². The van der Waals surface area contributed by atoms with E-state index in [0.717, 1.165) is 5.92 Å². The molecule has 3 rings (SSSR count). The molecule has 0 spiro atoms. The van der Waals surface area contributed by atoms with Crippen LogP contribution in [0.15, 0.2) is 30.3 Å². The van der Waals surface area contributed by atoms with Crippen molar-refractivity contribution in [1.29, 1.82) is 0 Å². The van der Waals surface area contributed by atoms with E-state index in [2.05, 4.69) is 53.7 Å². The molecule has 116 valence electrons. The second kappa shape index (κ2) is 7.19. The fraction of sp³-hybridized carbons (Fsp3) is 0.684. The van der Waals surface area contributed by atoms with Crippen LogP contribution in [0.25, 0.3) is 0 Å². The zero-order chi connectivity index (χ0) is 14.5. The maximum absolute atomic E-state index is 3.98. The second-order valence-electron chi connectivity index (χ2n) is 6.91. The van der Waals surface area contributed by atoms with Gasteiger partial charge in [0, 0.05) is 17.3 Å². The van der Waals surface area contributed by atoms with Gasteiger partial charge < -0.3 is 5.32 Å². The first-order chi connectivity index (χ1) is 10.3. The van der Waals surface area contributed by atoms with Crippen molar-refractivity contribution in [2.45, 2.75) is 62.2 Å². The van der Waals surface area contributed by atoms with E-state index in [-0.39, 0.29) is 0 Å². The molecule has 0 aromatic heterocycles. The standard InChI is InChI=1S/C19H29NS/c1-21-19(13-8-14-19)15-20-18(16-9-4-2-5-10-16)17-11-6-3-7-12-17/h2,4-5,9-10,17-18,20H,3,6-8,11-15H2,1H3. The first-order valence-electron chi connectivity index (χ1n) is 8.66. The van der Waals surface area contributed by atoms with Gasteiger partial charge in [0.2, 0.25) is 0 Å². The number of thioether (sulfide) groups is 1. The summed E-state index contributed by atoms with van der Waals surface area (Å²) in [5, 5.41) is 3.98. The van der Waals surface area contributed by atoms with Gasteiger partial charge in [0.05, 0.1) is 0 Å². The lowest BCUT2D eigenvalue weighted by molar-refractivity contribution is 0.248. The highest BCUT2D eigenvalue weighted by atomic mass is 32.2. The summed E-state index contributed by atoms with van der Waals surface area (Å²) in [5.41, 5.74) is 1.50. The summed E-state index contributed by atoms with van der Waals surface area (Å²) >= 11 is 2.08. The summed E-state index contributed by atoms with van der Waals surface area (Å²) in [5.74, 6) is 0.833. The van der Waals surface area contributed by atoms with Crippen molar-refractivity contribution in [3.63, 3.8) is 0 Å². The Hall–Kier alpha value is -0.470. The third-order valence-corrected chi connectivity index (χ3v) is 7.04. The summed E-state index contributed by atoms with van der Waals surface area (Å²) in [7, 11) is 0. The molecule has 2 saturated carbocycles. The van der Waals surface area contributed by atoms with Crippen LogP contribution in [0, 0.1) is 5.92 Å². The van der Waals surface area contributed by atoms with Crippen molar-refractivity contribution < 1.29 is 0 Å². The highest BCUT2D eigenvalue weighted by Crippen LogP contribution is 2.43. The first kappa shape index (κ1) is 15.4. The Morgan fingerprint density at radius 2 is 1.81 bits per heavy atom. The topological polar surface area (TPSA) is 12.0 Å². The van der Waals surface area contributed by atoms with Gasteiger partial charge in [-0.25, -0.2) is 0 Å². The Morgan fingerprint density at radius 3 is 2.38 bits per heavy atom. The molecule has 0 saturated heterocycles. The summed E-state index contributed by atoms with van der Waals surface area (Å²) in [6, 6.07) is 11.7. The summed E-state index contributed by atoms with van der Waals surface area (Å²) in [6.07, 6.45) is 13.6. The molecule has 2 aliphatic carbocycles. The number of hydrogen-bond acceptors (Lipinski definition) is 2. The van der Waals surface area contributed by atoms with Gasteiger partial charge in [0.1, 0.15) is 0 Å². The van der Waals surface area contributed by atoms with Crippen LogP contribution in [0.4, 0.5) is 0 Å². The van der Waals surface area contributed by atoms with E-state index < -0.39 is 0 Å². The van der Waals surface area contributed by atoms with Gasteiger partial charge in [-0.15, -0.1) is 0 Å². The van der Waals surface area contributed by atoms with E-state index in [9.17, 15) is 0 Å². The van der Waals surface area contributed by atoms with Crippen LogP contribution in [0.1, 0.15) is 63.0 Å². The zero-order valence-corrected chi connectivity index (χ0v) is 14.1. The van der Waals surface area contributed by atoms with Crippen LogP contribution in [0.5, 0.6) is 0 Å². The predicted molar refractivity (Wildman–Crippen MR) is 93.9 cm³/mol. The lowest BCUT2D eigenvalue weighted by Gasteiger charge is -2.43. The van der Waals surface area contributed by atoms with E-state index in [1.807, 2.05) is 0 Å². The Morgan fingerprint density at radius 1 is 1.10 bits per heavy atom. The molecule has 2 aliphatic rings. The van der Waals surface area contributed by atoms with Crippen molar-refractivity contribution in [3.8, 4) is 0 Å². The van der Waals surface area contributed by atoms with Crippen molar-refractivity contribution in [2.75, 3.05) is 12.8 Å². The number of hydrogen-bond donors (Lipinski definition) is 1. The lowest BCUT2D eigenvalue weighted by Crippen LogP contribution is -2.45. The highest BCUT2D eigenvalue weighted by Gasteiger charge is 2.37. The Balaban J connectivity index is 1.69. The smallest absolute Gasteiger partial charge is 0.0349 e. The van der Waals surface area contributed by atoms with Crippen LogP contribution in [-0.2, 0) is 0 Å². The second-order valence-corrected chi connectivity index (χ2v) is 8.18. The van der Waals surface area contributed by atoms with Crippen LogP contribution in [0.2, 0.25) is 0 Å². The molecular weight excluding hydrogens is 274 g/mol. The van der Waals surface area contributed by atoms with E-state index in [1.165, 1.54) is 63.5 Å². The van der Waals surface area contributed by atoms with Gasteiger partial charge in [-0.1, -0.05) is 56.0 Å². The van der Waals surface area contributed by atoms with Gasteiger partial charge in [-0.2, -0.15) is 11.8 Å². The van der Waals surface area contributed by atoms with Gasteiger partial charge >= 0.3 is 0 Å². The molecule has 1 nitrogen and oxygen atoms in total. The molecule has 1 unspecified atom stereocenters. The van der Waals surface area contributed by atoms with E-state index >= 15 is 0 Å². The Kier molecular flexibility index (Phi) is 5.29. The van der Waals surface area contributed by atoms with Crippen molar-refractivity contribution in [3.05, 3.63) is 35.9 Å². The Labute approximate surface area is 134 Å². The summed E-state index contributed by atoms with van der Waals surface area (Å²) < 4.78 is 0.529. The fourth-order valence-corrected chi connectivity index (χ4v) is 4.93. The lowest BCUT2D eigenvalue weighted by atomic mass is 9.79. The van der Waals surface area contributed by atoms with Gasteiger partial charge in [-0.05, 0) is 43.4 Å². The normalized spacial score (nSPS) is 23.5. The molecule has 1 aromatic carbocycles. The average Bonchev–Trinajstić information content (AvgIpc) is 2.52. The first-order valence-corrected chi connectivity index (χ1v) is 9.89. The summed E-state index contributed by atoms with van der Waals surface area (Å²) in [4.78, 5) is 0. The molecule has 1 aromatic rings. The van der Waals surface area contributed by atoms with Crippen LogP contribution >= 0.6 is 11.8 Å². The molecule has 0 radical (unpaired) electrons. The molecular formula is C19H29NS. The van der Waals surface area contributed by atoms with E-state index in [1.54, 1.807) is 0 Å². The van der Waals surface area contributed by atoms with E-state index in [4.69, 9.17) is 0 Å². The van der Waals surface area contributed by atoms with Crippen molar-refractivity contribution in [2.24, 2.45) is 5.92 Å². The quantitative estimate of drug-likeness (QED) is 0.777. The Bertz CT molecular complexity index is 415. The number of rotatable bonds is 6. The van der Waals surface area contributed by atoms with Gasteiger partial charge in [0.25, 0.3) is 0 Å². The van der Waals surface area contributed by atoms with Gasteiger partial charge in [0.15, 0.2) is 0 Å². The monoisotopic (exact) mass is 303 g/mol. The molecule has 21 heavy (non-hydrogen) atoms. The van der Waals surface area contributed by atoms with Gasteiger partial charge in [-0.3, -0.25) is 0 Å². The maximum Gasteiger partial charge on any atom is 0.0349 e. The predicted octanol–water partition coefficient (Wildman–Crippen LogP) is 5.18. The molecule has 0 aliphatic heterocycles. The number of benzene rings is 1. The largest absolute Gasteiger partial charge is 0.308 e. The van der Waals surface area contributed by atoms with E-state index in [0.29, 0.717) is 10.8 Å². The molecule has 1 N–H and O–H groups in total. The molecule has 2 fully saturated rings. The molecule has 1 atom stereocenters. The van der Waals surface area contributed by atoms with Crippen LogP contribution < -0.4 is 5.32 Å². The van der Waals surface area contributed by atoms with Crippen LogP contribution in [0.3, 0.4) is 0 Å². The third-order valence-electron chi connectivity index (χ3n) is 5.62. The molecule has 0 amide bonds. The fourth-order valence-electron chi connectivity index (χ4n) is 4.00. The third kappa shape index (κ3) is 3.65. The average molecular weight is 304 g/mol. The minimum atomic E-state index is 0.529. The molecule has 0 heterocycles. The maximum atomic E-state index is 3.98. The minimum Gasteiger partial charge on any atom is -0.308 e. The van der Waals surface area contributed by atoms with Crippen molar-refractivity contribution in [1.82, 2.24) is 5.32 Å². The van der Waals surface area contributed by atoms with Crippen molar-refractivity contribution >= 4 is 11.8 Å². The SMILES string of the molecule is CSC1(CNC(c2ccccc2)C2CCCCC2)CCC1. The zero-order valence-electron chi connectivity index (χ0n) is 13.3.